The Kier molecular flexibility index (Phi) is 4.71. The molecule has 1 heterocycles. The molecule has 2 amide bonds. The van der Waals surface area contributed by atoms with E-state index in [-0.39, 0.29) is 25.0 Å². The summed E-state index contributed by atoms with van der Waals surface area (Å²) in [7, 11) is 1.56. The number of anilines is 2. The number of ether oxygens (including phenoxy) is 2. The van der Waals surface area contributed by atoms with E-state index in [9.17, 15) is 9.59 Å². The summed E-state index contributed by atoms with van der Waals surface area (Å²) in [5, 5.41) is 2.76. The van der Waals surface area contributed by atoms with E-state index in [0.717, 1.165) is 4.47 Å². The molecule has 1 aliphatic rings. The van der Waals surface area contributed by atoms with Gasteiger partial charge in [0.25, 0.3) is 5.91 Å². The zero-order chi connectivity index (χ0) is 17.1. The SMILES string of the molecule is COc1cccc(NC(=O)CN2C(=O)COc3cc(Br)ccc32)c1. The van der Waals surface area contributed by atoms with Gasteiger partial charge in [0.15, 0.2) is 6.61 Å². The molecule has 0 aliphatic carbocycles. The van der Waals surface area contributed by atoms with Crippen molar-refractivity contribution in [3.63, 3.8) is 0 Å². The zero-order valence-electron chi connectivity index (χ0n) is 12.9. The van der Waals surface area contributed by atoms with Crippen molar-refractivity contribution >= 4 is 39.1 Å². The van der Waals surface area contributed by atoms with Crippen LogP contribution < -0.4 is 19.7 Å². The van der Waals surface area contributed by atoms with Crippen molar-refractivity contribution in [3.05, 3.63) is 46.9 Å². The lowest BCUT2D eigenvalue weighted by molar-refractivity contribution is -0.123. The van der Waals surface area contributed by atoms with Crippen molar-refractivity contribution in [2.75, 3.05) is 30.5 Å². The second-order valence-electron chi connectivity index (χ2n) is 5.16. The van der Waals surface area contributed by atoms with Gasteiger partial charge in [-0.3, -0.25) is 14.5 Å². The van der Waals surface area contributed by atoms with Gasteiger partial charge in [-0.2, -0.15) is 0 Å². The van der Waals surface area contributed by atoms with Gasteiger partial charge in [-0.15, -0.1) is 0 Å². The molecule has 0 spiro atoms. The summed E-state index contributed by atoms with van der Waals surface area (Å²) >= 11 is 3.36. The number of hydrogen-bond donors (Lipinski definition) is 1. The van der Waals surface area contributed by atoms with Gasteiger partial charge in [0.05, 0.1) is 12.8 Å². The fourth-order valence-electron chi connectivity index (χ4n) is 2.40. The Morgan fingerprint density at radius 1 is 1.33 bits per heavy atom. The minimum Gasteiger partial charge on any atom is -0.497 e. The lowest BCUT2D eigenvalue weighted by atomic mass is 10.2. The van der Waals surface area contributed by atoms with Gasteiger partial charge >= 0.3 is 0 Å². The van der Waals surface area contributed by atoms with Crippen LogP contribution in [-0.4, -0.2) is 32.1 Å². The summed E-state index contributed by atoms with van der Waals surface area (Å²) in [6.07, 6.45) is 0. The molecule has 1 N–H and O–H groups in total. The Bertz CT molecular complexity index is 794. The largest absolute Gasteiger partial charge is 0.497 e. The Morgan fingerprint density at radius 2 is 2.17 bits per heavy atom. The Balaban J connectivity index is 1.75. The highest BCUT2D eigenvalue weighted by Gasteiger charge is 2.27. The van der Waals surface area contributed by atoms with Crippen LogP contribution in [0.2, 0.25) is 0 Å². The number of methoxy groups -OCH3 is 1. The summed E-state index contributed by atoms with van der Waals surface area (Å²) in [6, 6.07) is 12.4. The van der Waals surface area contributed by atoms with E-state index >= 15 is 0 Å². The highest BCUT2D eigenvalue weighted by atomic mass is 79.9. The molecule has 0 unspecified atom stereocenters. The average Bonchev–Trinajstić information content (AvgIpc) is 2.57. The highest BCUT2D eigenvalue weighted by molar-refractivity contribution is 9.10. The fourth-order valence-corrected chi connectivity index (χ4v) is 2.74. The average molecular weight is 391 g/mol. The van der Waals surface area contributed by atoms with Crippen LogP contribution in [0.5, 0.6) is 11.5 Å². The quantitative estimate of drug-likeness (QED) is 0.871. The van der Waals surface area contributed by atoms with Gasteiger partial charge in [0.2, 0.25) is 5.91 Å². The second kappa shape index (κ2) is 6.92. The zero-order valence-corrected chi connectivity index (χ0v) is 14.5. The topological polar surface area (TPSA) is 67.9 Å². The Hall–Kier alpha value is -2.54. The summed E-state index contributed by atoms with van der Waals surface area (Å²) in [5.41, 5.74) is 1.19. The second-order valence-corrected chi connectivity index (χ2v) is 6.08. The lowest BCUT2D eigenvalue weighted by Crippen LogP contribution is -2.43. The third kappa shape index (κ3) is 3.51. The first kappa shape index (κ1) is 16.3. The van der Waals surface area contributed by atoms with Crippen molar-refractivity contribution in [1.29, 1.82) is 0 Å². The van der Waals surface area contributed by atoms with Crippen LogP contribution in [-0.2, 0) is 9.59 Å². The third-order valence-electron chi connectivity index (χ3n) is 3.52. The molecular weight excluding hydrogens is 376 g/mol. The van der Waals surface area contributed by atoms with E-state index in [4.69, 9.17) is 9.47 Å². The molecule has 0 saturated carbocycles. The summed E-state index contributed by atoms with van der Waals surface area (Å²) in [4.78, 5) is 25.8. The minimum atomic E-state index is -0.299. The number of fused-ring (bicyclic) bond motifs is 1. The maximum absolute atomic E-state index is 12.3. The van der Waals surface area contributed by atoms with Crippen molar-refractivity contribution in [2.24, 2.45) is 0 Å². The third-order valence-corrected chi connectivity index (χ3v) is 4.01. The van der Waals surface area contributed by atoms with E-state index in [1.165, 1.54) is 4.90 Å². The lowest BCUT2D eigenvalue weighted by Gasteiger charge is -2.29. The molecule has 2 aromatic rings. The van der Waals surface area contributed by atoms with Crippen LogP contribution in [0, 0.1) is 0 Å². The molecule has 7 heteroatoms. The first-order chi connectivity index (χ1) is 11.6. The van der Waals surface area contributed by atoms with Crippen LogP contribution in [0.1, 0.15) is 0 Å². The monoisotopic (exact) mass is 390 g/mol. The number of hydrogen-bond acceptors (Lipinski definition) is 4. The molecule has 0 atom stereocenters. The van der Waals surface area contributed by atoms with E-state index < -0.39 is 0 Å². The number of amides is 2. The molecule has 0 aromatic heterocycles. The normalized spacial score (nSPS) is 13.1. The molecule has 3 rings (SSSR count). The van der Waals surface area contributed by atoms with E-state index in [2.05, 4.69) is 21.2 Å². The smallest absolute Gasteiger partial charge is 0.265 e. The van der Waals surface area contributed by atoms with Crippen LogP contribution in [0.4, 0.5) is 11.4 Å². The van der Waals surface area contributed by atoms with E-state index in [1.807, 2.05) is 0 Å². The Labute approximate surface area is 147 Å². The molecule has 0 radical (unpaired) electrons. The number of benzene rings is 2. The first-order valence-corrected chi connectivity index (χ1v) is 8.03. The molecule has 1 aliphatic heterocycles. The highest BCUT2D eigenvalue weighted by Crippen LogP contribution is 2.34. The summed E-state index contributed by atoms with van der Waals surface area (Å²) in [6.45, 7) is -0.177. The van der Waals surface area contributed by atoms with Crippen molar-refractivity contribution in [2.45, 2.75) is 0 Å². The molecule has 0 saturated heterocycles. The molecule has 124 valence electrons. The molecule has 0 bridgehead atoms. The summed E-state index contributed by atoms with van der Waals surface area (Å²) in [5.74, 6) is 0.654. The number of carbonyl (C=O) groups is 2. The maximum atomic E-state index is 12.3. The number of nitrogens with zero attached hydrogens (tertiary/aromatic N) is 1. The van der Waals surface area contributed by atoms with Gasteiger partial charge in [-0.05, 0) is 30.3 Å². The minimum absolute atomic E-state index is 0.0874. The van der Waals surface area contributed by atoms with Crippen molar-refractivity contribution in [1.82, 2.24) is 0 Å². The Morgan fingerprint density at radius 3 is 2.96 bits per heavy atom. The van der Waals surface area contributed by atoms with Gasteiger partial charge in [0, 0.05) is 16.2 Å². The molecule has 6 nitrogen and oxygen atoms in total. The van der Waals surface area contributed by atoms with E-state index in [0.29, 0.717) is 22.9 Å². The predicted molar refractivity (Wildman–Crippen MR) is 93.6 cm³/mol. The van der Waals surface area contributed by atoms with Crippen LogP contribution in [0.15, 0.2) is 46.9 Å². The number of nitrogens with one attached hydrogen (secondary N) is 1. The number of rotatable bonds is 4. The van der Waals surface area contributed by atoms with Gasteiger partial charge in [0.1, 0.15) is 18.0 Å². The van der Waals surface area contributed by atoms with Gasteiger partial charge in [-0.1, -0.05) is 22.0 Å². The molecule has 0 fully saturated rings. The van der Waals surface area contributed by atoms with Crippen LogP contribution in [0.3, 0.4) is 0 Å². The first-order valence-electron chi connectivity index (χ1n) is 7.23. The molecule has 2 aromatic carbocycles. The van der Waals surface area contributed by atoms with Gasteiger partial charge in [-0.25, -0.2) is 0 Å². The van der Waals surface area contributed by atoms with Crippen molar-refractivity contribution < 1.29 is 19.1 Å². The van der Waals surface area contributed by atoms with Crippen LogP contribution in [0.25, 0.3) is 0 Å². The van der Waals surface area contributed by atoms with Crippen molar-refractivity contribution in [3.8, 4) is 11.5 Å². The standard InChI is InChI=1S/C17H15BrN2O4/c1-23-13-4-2-3-12(8-13)19-16(21)9-20-14-6-5-11(18)7-15(14)24-10-17(20)22/h2-8H,9-10H2,1H3,(H,19,21). The summed E-state index contributed by atoms with van der Waals surface area (Å²) < 4.78 is 11.4. The maximum Gasteiger partial charge on any atom is 0.265 e. The number of halogens is 1. The molecular formula is C17H15BrN2O4. The van der Waals surface area contributed by atoms with E-state index in [1.54, 1.807) is 49.6 Å². The van der Waals surface area contributed by atoms with Gasteiger partial charge < -0.3 is 14.8 Å². The predicted octanol–water partition coefficient (Wildman–Crippen LogP) is 2.82. The van der Waals surface area contributed by atoms with Crippen LogP contribution >= 0.6 is 15.9 Å². The molecule has 24 heavy (non-hydrogen) atoms. The number of carbonyl (C=O) groups excluding carboxylic acids is 2. The fraction of sp³-hybridized carbons (Fsp3) is 0.176.